The van der Waals surface area contributed by atoms with Crippen LogP contribution >= 0.6 is 0 Å². The van der Waals surface area contributed by atoms with Gasteiger partial charge in [-0.1, -0.05) is 24.6 Å². The van der Waals surface area contributed by atoms with Crippen molar-refractivity contribution in [2.24, 2.45) is 5.92 Å². The van der Waals surface area contributed by atoms with Gasteiger partial charge in [-0.05, 0) is 37.3 Å². The quantitative estimate of drug-likeness (QED) is 0.666. The van der Waals surface area contributed by atoms with Gasteiger partial charge in [-0.2, -0.15) is 5.21 Å². The van der Waals surface area contributed by atoms with Crippen molar-refractivity contribution in [1.29, 1.82) is 0 Å². The number of hydrogen-bond acceptors (Lipinski definition) is 7. The van der Waals surface area contributed by atoms with E-state index in [9.17, 15) is 18.3 Å². The Kier molecular flexibility index (Phi) is 5.30. The second-order valence-electron chi connectivity index (χ2n) is 6.56. The molecule has 0 amide bonds. The van der Waals surface area contributed by atoms with Crippen LogP contribution in [0.3, 0.4) is 0 Å². The largest absolute Gasteiger partial charge is 0.481 e. The van der Waals surface area contributed by atoms with E-state index >= 15 is 0 Å². The number of sulfone groups is 1. The molecule has 3 rings (SSSR count). The Labute approximate surface area is 151 Å². The van der Waals surface area contributed by atoms with E-state index in [-0.39, 0.29) is 10.3 Å². The molecule has 2 aromatic heterocycles. The summed E-state index contributed by atoms with van der Waals surface area (Å²) in [4.78, 5) is 15.8. The molecule has 0 aliphatic heterocycles. The molecule has 2 N–H and O–H groups in total. The Bertz CT molecular complexity index is 847. The van der Waals surface area contributed by atoms with Gasteiger partial charge in [0.05, 0.1) is 11.2 Å². The predicted molar refractivity (Wildman–Crippen MR) is 91.1 cm³/mol. The lowest BCUT2D eigenvalue weighted by molar-refractivity contribution is -0.142. The third-order valence-electron chi connectivity index (χ3n) is 4.60. The SMILES string of the molecule is CCCC(C(=O)O)C(Cc1ccc(S(=O)(=O)C2CC2)nc1)c1nn[nH]n1. The van der Waals surface area contributed by atoms with Crippen LogP contribution in [0.1, 0.15) is 49.9 Å². The van der Waals surface area contributed by atoms with E-state index in [0.29, 0.717) is 37.9 Å². The summed E-state index contributed by atoms with van der Waals surface area (Å²) in [6.45, 7) is 1.92. The first kappa shape index (κ1) is 18.4. The first-order chi connectivity index (χ1) is 12.4. The summed E-state index contributed by atoms with van der Waals surface area (Å²) >= 11 is 0. The van der Waals surface area contributed by atoms with E-state index < -0.39 is 27.6 Å². The number of aromatic amines is 1. The Morgan fingerprint density at radius 1 is 1.38 bits per heavy atom. The predicted octanol–water partition coefficient (Wildman–Crippen LogP) is 1.36. The molecule has 9 nitrogen and oxygen atoms in total. The highest BCUT2D eigenvalue weighted by Gasteiger charge is 2.38. The summed E-state index contributed by atoms with van der Waals surface area (Å²) in [6.07, 6.45) is 4.39. The molecule has 0 aromatic carbocycles. The van der Waals surface area contributed by atoms with Crippen molar-refractivity contribution in [1.82, 2.24) is 25.6 Å². The molecule has 2 unspecified atom stereocenters. The summed E-state index contributed by atoms with van der Waals surface area (Å²) in [5.41, 5.74) is 0.733. The van der Waals surface area contributed by atoms with Crippen molar-refractivity contribution in [2.45, 2.75) is 55.2 Å². The molecule has 2 heterocycles. The van der Waals surface area contributed by atoms with Crippen LogP contribution < -0.4 is 0 Å². The molecule has 0 bridgehead atoms. The Morgan fingerprint density at radius 3 is 2.65 bits per heavy atom. The van der Waals surface area contributed by atoms with E-state index in [1.54, 1.807) is 6.07 Å². The zero-order chi connectivity index (χ0) is 18.7. The van der Waals surface area contributed by atoms with Crippen molar-refractivity contribution in [3.05, 3.63) is 29.7 Å². The van der Waals surface area contributed by atoms with Crippen LogP contribution in [0, 0.1) is 5.92 Å². The molecule has 1 fully saturated rings. The van der Waals surface area contributed by atoms with Gasteiger partial charge in [0.2, 0.25) is 0 Å². The lowest BCUT2D eigenvalue weighted by Crippen LogP contribution is -2.25. The standard InChI is InChI=1S/C16H21N5O4S/c1-2-3-12(16(22)23)13(15-18-20-21-19-15)8-10-4-7-14(17-9-10)26(24,25)11-5-6-11/h4,7,9,11-13H,2-3,5-6,8H2,1H3,(H,22,23)(H,18,19,20,21). The van der Waals surface area contributed by atoms with Gasteiger partial charge in [0.1, 0.15) is 0 Å². The number of carbonyl (C=O) groups is 1. The third kappa shape index (κ3) is 3.90. The van der Waals surface area contributed by atoms with Gasteiger partial charge >= 0.3 is 5.97 Å². The monoisotopic (exact) mass is 379 g/mol. The van der Waals surface area contributed by atoms with E-state index in [1.165, 1.54) is 12.3 Å². The summed E-state index contributed by atoms with van der Waals surface area (Å²) in [5, 5.41) is 23.2. The number of nitrogens with zero attached hydrogens (tertiary/aromatic N) is 4. The average Bonchev–Trinajstić information content (AvgIpc) is 3.35. The topological polar surface area (TPSA) is 139 Å². The second kappa shape index (κ2) is 7.48. The molecular weight excluding hydrogens is 358 g/mol. The summed E-state index contributed by atoms with van der Waals surface area (Å²) in [5.74, 6) is -1.71. The maximum absolute atomic E-state index is 12.2. The number of aromatic nitrogens is 5. The first-order valence-electron chi connectivity index (χ1n) is 8.58. The lowest BCUT2D eigenvalue weighted by atomic mass is 9.83. The molecular formula is C16H21N5O4S. The Morgan fingerprint density at radius 2 is 2.15 bits per heavy atom. The second-order valence-corrected chi connectivity index (χ2v) is 8.74. The maximum atomic E-state index is 12.2. The zero-order valence-electron chi connectivity index (χ0n) is 14.4. The number of rotatable bonds is 9. The molecule has 26 heavy (non-hydrogen) atoms. The van der Waals surface area contributed by atoms with Gasteiger partial charge < -0.3 is 5.11 Å². The van der Waals surface area contributed by atoms with Crippen molar-refractivity contribution in [2.75, 3.05) is 0 Å². The number of carboxylic acids is 1. The van der Waals surface area contributed by atoms with Crippen LogP contribution in [0.5, 0.6) is 0 Å². The molecule has 1 aliphatic carbocycles. The van der Waals surface area contributed by atoms with Crippen molar-refractivity contribution in [3.63, 3.8) is 0 Å². The molecule has 2 atom stereocenters. The summed E-state index contributed by atoms with van der Waals surface area (Å²) in [7, 11) is -3.34. The number of tetrazole rings is 1. The Balaban J connectivity index is 1.83. The number of nitrogens with one attached hydrogen (secondary N) is 1. The molecule has 2 aromatic rings. The van der Waals surface area contributed by atoms with E-state index in [4.69, 9.17) is 0 Å². The molecule has 10 heteroatoms. The van der Waals surface area contributed by atoms with Gasteiger partial charge in [0.25, 0.3) is 0 Å². The van der Waals surface area contributed by atoms with Gasteiger partial charge in [0, 0.05) is 12.1 Å². The molecule has 0 radical (unpaired) electrons. The molecule has 140 valence electrons. The molecule has 1 saturated carbocycles. The highest BCUT2D eigenvalue weighted by molar-refractivity contribution is 7.92. The van der Waals surface area contributed by atoms with Crippen LogP contribution in [-0.4, -0.2) is 50.4 Å². The van der Waals surface area contributed by atoms with Crippen LogP contribution in [0.15, 0.2) is 23.4 Å². The number of H-pyrrole nitrogens is 1. The minimum absolute atomic E-state index is 0.0724. The van der Waals surface area contributed by atoms with Crippen LogP contribution in [0.2, 0.25) is 0 Å². The minimum atomic E-state index is -3.34. The number of aliphatic carboxylic acids is 1. The van der Waals surface area contributed by atoms with Crippen LogP contribution in [0.25, 0.3) is 0 Å². The summed E-state index contributed by atoms with van der Waals surface area (Å²) in [6, 6.07) is 3.17. The first-order valence-corrected chi connectivity index (χ1v) is 10.1. The molecule has 0 spiro atoms. The molecule has 1 aliphatic rings. The van der Waals surface area contributed by atoms with Gasteiger partial charge in [-0.15, -0.1) is 10.2 Å². The highest BCUT2D eigenvalue weighted by atomic mass is 32.2. The normalized spacial score (nSPS) is 17.0. The van der Waals surface area contributed by atoms with E-state index in [1.807, 2.05) is 6.92 Å². The van der Waals surface area contributed by atoms with Crippen molar-refractivity contribution >= 4 is 15.8 Å². The van der Waals surface area contributed by atoms with E-state index in [2.05, 4.69) is 25.6 Å². The highest BCUT2D eigenvalue weighted by Crippen LogP contribution is 2.33. The fourth-order valence-corrected chi connectivity index (χ4v) is 4.61. The fraction of sp³-hybridized carbons (Fsp3) is 0.562. The van der Waals surface area contributed by atoms with Crippen LogP contribution in [0.4, 0.5) is 0 Å². The van der Waals surface area contributed by atoms with Gasteiger partial charge in [-0.25, -0.2) is 13.4 Å². The van der Waals surface area contributed by atoms with Gasteiger partial charge in [0.15, 0.2) is 20.7 Å². The fourth-order valence-electron chi connectivity index (χ4n) is 3.05. The number of carboxylic acid groups (broad SMARTS) is 1. The lowest BCUT2D eigenvalue weighted by Gasteiger charge is -2.20. The van der Waals surface area contributed by atoms with Crippen molar-refractivity contribution in [3.8, 4) is 0 Å². The smallest absolute Gasteiger partial charge is 0.307 e. The van der Waals surface area contributed by atoms with Crippen molar-refractivity contribution < 1.29 is 18.3 Å². The zero-order valence-corrected chi connectivity index (χ0v) is 15.2. The number of hydrogen-bond donors (Lipinski definition) is 2. The van der Waals surface area contributed by atoms with Crippen LogP contribution in [-0.2, 0) is 21.1 Å². The Hall–Kier alpha value is -2.36. The molecule has 0 saturated heterocycles. The average molecular weight is 379 g/mol. The van der Waals surface area contributed by atoms with Gasteiger partial charge in [-0.3, -0.25) is 4.79 Å². The summed E-state index contributed by atoms with van der Waals surface area (Å²) < 4.78 is 24.4. The number of pyridine rings is 1. The maximum Gasteiger partial charge on any atom is 0.307 e. The van der Waals surface area contributed by atoms with E-state index in [0.717, 1.165) is 5.56 Å². The third-order valence-corrected chi connectivity index (χ3v) is 6.78. The minimum Gasteiger partial charge on any atom is -0.481 e.